The molecule has 3 aromatic rings. The van der Waals surface area contributed by atoms with Crippen molar-refractivity contribution < 1.29 is 14.7 Å². The number of hydrogen-bond acceptors (Lipinski definition) is 3. The van der Waals surface area contributed by atoms with Crippen LogP contribution in [-0.2, 0) is 11.3 Å². The SMILES string of the molecule is CN(C)C(=O)Cn1c(-c2ccccc2)c(C2CCCCC2)c2ncc(C(=O)O)cc21. The topological polar surface area (TPSA) is 75.4 Å². The van der Waals surface area contributed by atoms with E-state index in [1.165, 1.54) is 25.5 Å². The Morgan fingerprint density at radius 3 is 2.47 bits per heavy atom. The minimum Gasteiger partial charge on any atom is -0.478 e. The van der Waals surface area contributed by atoms with Crippen molar-refractivity contribution in [2.45, 2.75) is 44.6 Å². The molecule has 0 bridgehead atoms. The van der Waals surface area contributed by atoms with Gasteiger partial charge in [-0.2, -0.15) is 0 Å². The zero-order valence-electron chi connectivity index (χ0n) is 17.5. The summed E-state index contributed by atoms with van der Waals surface area (Å²) in [5.41, 5.74) is 4.83. The normalized spacial score (nSPS) is 14.7. The quantitative estimate of drug-likeness (QED) is 0.676. The summed E-state index contributed by atoms with van der Waals surface area (Å²) >= 11 is 0. The zero-order chi connectivity index (χ0) is 21.3. The maximum absolute atomic E-state index is 12.7. The van der Waals surface area contributed by atoms with Crippen molar-refractivity contribution in [3.63, 3.8) is 0 Å². The van der Waals surface area contributed by atoms with Crippen LogP contribution in [0.3, 0.4) is 0 Å². The number of carboxylic acid groups (broad SMARTS) is 1. The van der Waals surface area contributed by atoms with Gasteiger partial charge in [-0.1, -0.05) is 49.6 Å². The van der Waals surface area contributed by atoms with Gasteiger partial charge >= 0.3 is 5.97 Å². The average molecular weight is 405 g/mol. The van der Waals surface area contributed by atoms with Gasteiger partial charge in [-0.05, 0) is 30.4 Å². The molecule has 0 atom stereocenters. The van der Waals surface area contributed by atoms with Gasteiger partial charge in [0.2, 0.25) is 5.91 Å². The smallest absolute Gasteiger partial charge is 0.337 e. The maximum Gasteiger partial charge on any atom is 0.337 e. The molecule has 6 nitrogen and oxygen atoms in total. The number of carbonyl (C=O) groups is 2. The molecule has 1 amide bonds. The number of pyridine rings is 1. The molecule has 1 fully saturated rings. The predicted octanol–water partition coefficient (Wildman–Crippen LogP) is 4.54. The Bertz CT molecular complexity index is 1080. The Kier molecular flexibility index (Phi) is 5.57. The van der Waals surface area contributed by atoms with Crippen LogP contribution in [0.4, 0.5) is 0 Å². The molecular weight excluding hydrogens is 378 g/mol. The number of likely N-dealkylation sites (N-methyl/N-ethyl adjacent to an activating group) is 1. The lowest BCUT2D eigenvalue weighted by atomic mass is 9.82. The lowest BCUT2D eigenvalue weighted by Crippen LogP contribution is -2.26. The summed E-state index contributed by atoms with van der Waals surface area (Å²) in [4.78, 5) is 30.5. The first-order chi connectivity index (χ1) is 14.5. The van der Waals surface area contributed by atoms with Crippen molar-refractivity contribution in [1.29, 1.82) is 0 Å². The average Bonchev–Trinajstić information content (AvgIpc) is 3.08. The van der Waals surface area contributed by atoms with Crippen LogP contribution in [-0.4, -0.2) is 45.5 Å². The Hall–Kier alpha value is -3.15. The second kappa shape index (κ2) is 8.30. The fraction of sp³-hybridized carbons (Fsp3) is 0.375. The minimum atomic E-state index is -1.02. The van der Waals surface area contributed by atoms with Crippen molar-refractivity contribution in [2.75, 3.05) is 14.1 Å². The monoisotopic (exact) mass is 405 g/mol. The Labute approximate surface area is 176 Å². The van der Waals surface area contributed by atoms with Crippen LogP contribution in [0.15, 0.2) is 42.6 Å². The summed E-state index contributed by atoms with van der Waals surface area (Å²) in [5, 5.41) is 9.52. The summed E-state index contributed by atoms with van der Waals surface area (Å²) in [7, 11) is 3.47. The van der Waals surface area contributed by atoms with Gasteiger partial charge in [0.25, 0.3) is 0 Å². The Balaban J connectivity index is 2.03. The van der Waals surface area contributed by atoms with Gasteiger partial charge in [0.05, 0.1) is 22.3 Å². The van der Waals surface area contributed by atoms with Gasteiger partial charge in [-0.3, -0.25) is 9.78 Å². The Morgan fingerprint density at radius 1 is 1.13 bits per heavy atom. The van der Waals surface area contributed by atoms with Crippen LogP contribution in [0.1, 0.15) is 53.9 Å². The summed E-state index contributed by atoms with van der Waals surface area (Å²) in [6, 6.07) is 11.7. The van der Waals surface area contributed by atoms with Gasteiger partial charge in [-0.15, -0.1) is 0 Å². The summed E-state index contributed by atoms with van der Waals surface area (Å²) in [6.45, 7) is 0.144. The standard InChI is InChI=1S/C24H27N3O3/c1-26(2)20(28)15-27-19-13-18(24(29)30)14-25-22(19)21(16-9-5-3-6-10-16)23(27)17-11-7-4-8-12-17/h4,7-8,11-14,16H,3,5-6,9-10,15H2,1-2H3,(H,29,30). The molecule has 30 heavy (non-hydrogen) atoms. The van der Waals surface area contributed by atoms with Crippen molar-refractivity contribution in [3.8, 4) is 11.3 Å². The molecule has 1 aliphatic rings. The lowest BCUT2D eigenvalue weighted by Gasteiger charge is -2.23. The highest BCUT2D eigenvalue weighted by Gasteiger charge is 2.28. The van der Waals surface area contributed by atoms with E-state index in [-0.39, 0.29) is 18.0 Å². The van der Waals surface area contributed by atoms with Crippen LogP contribution in [0.2, 0.25) is 0 Å². The van der Waals surface area contributed by atoms with Crippen molar-refractivity contribution in [2.24, 2.45) is 0 Å². The van der Waals surface area contributed by atoms with E-state index < -0.39 is 5.97 Å². The molecule has 0 saturated heterocycles. The number of fused-ring (bicyclic) bond motifs is 1. The number of nitrogens with zero attached hydrogens (tertiary/aromatic N) is 3. The maximum atomic E-state index is 12.7. The van der Waals surface area contributed by atoms with Crippen LogP contribution in [0, 0.1) is 0 Å². The molecule has 1 aromatic carbocycles. The fourth-order valence-electron chi connectivity index (χ4n) is 4.49. The third-order valence-electron chi connectivity index (χ3n) is 6.04. The molecule has 0 aliphatic heterocycles. The van der Waals surface area contributed by atoms with Crippen molar-refractivity contribution in [1.82, 2.24) is 14.5 Å². The molecule has 0 unspecified atom stereocenters. The molecule has 156 valence electrons. The van der Waals surface area contributed by atoms with Gasteiger partial charge in [0, 0.05) is 25.9 Å². The Morgan fingerprint density at radius 2 is 1.83 bits per heavy atom. The number of benzene rings is 1. The molecular formula is C24H27N3O3. The van der Waals surface area contributed by atoms with E-state index in [0.717, 1.165) is 35.2 Å². The molecule has 0 spiro atoms. The van der Waals surface area contributed by atoms with Gasteiger partial charge < -0.3 is 14.6 Å². The van der Waals surface area contributed by atoms with Crippen molar-refractivity contribution in [3.05, 3.63) is 53.7 Å². The molecule has 4 rings (SSSR count). The summed E-state index contributed by atoms with van der Waals surface area (Å²) in [6.07, 6.45) is 7.20. The lowest BCUT2D eigenvalue weighted by molar-refractivity contribution is -0.129. The van der Waals surface area contributed by atoms with Gasteiger partial charge in [0.15, 0.2) is 0 Å². The zero-order valence-corrected chi connectivity index (χ0v) is 17.5. The molecule has 2 heterocycles. The van der Waals surface area contributed by atoms with Crippen LogP contribution >= 0.6 is 0 Å². The summed E-state index contributed by atoms with van der Waals surface area (Å²) in [5.74, 6) is -0.702. The fourth-order valence-corrected chi connectivity index (χ4v) is 4.49. The number of amides is 1. The van der Waals surface area contributed by atoms with Crippen LogP contribution in [0.25, 0.3) is 22.3 Å². The highest BCUT2D eigenvalue weighted by molar-refractivity contribution is 5.96. The number of carbonyl (C=O) groups excluding carboxylic acids is 1. The molecule has 1 saturated carbocycles. The highest BCUT2D eigenvalue weighted by Crippen LogP contribution is 2.43. The number of rotatable bonds is 5. The van der Waals surface area contributed by atoms with E-state index in [1.807, 2.05) is 22.8 Å². The predicted molar refractivity (Wildman–Crippen MR) is 117 cm³/mol. The minimum absolute atomic E-state index is 0.0417. The number of aromatic carboxylic acids is 1. The second-order valence-electron chi connectivity index (χ2n) is 8.23. The first-order valence-corrected chi connectivity index (χ1v) is 10.5. The summed E-state index contributed by atoms with van der Waals surface area (Å²) < 4.78 is 1.97. The van der Waals surface area contributed by atoms with E-state index in [9.17, 15) is 14.7 Å². The van der Waals surface area contributed by atoms with Crippen molar-refractivity contribution >= 4 is 22.9 Å². The van der Waals surface area contributed by atoms with Gasteiger partial charge in [-0.25, -0.2) is 4.79 Å². The van der Waals surface area contributed by atoms with E-state index in [2.05, 4.69) is 17.1 Å². The molecule has 0 radical (unpaired) electrons. The third-order valence-corrected chi connectivity index (χ3v) is 6.04. The number of carboxylic acids is 1. The molecule has 2 aromatic heterocycles. The molecule has 1 N–H and O–H groups in total. The van der Waals surface area contributed by atoms with Gasteiger partial charge in [0.1, 0.15) is 6.54 Å². The third kappa shape index (κ3) is 3.70. The first-order valence-electron chi connectivity index (χ1n) is 10.5. The number of aromatic nitrogens is 2. The molecule has 6 heteroatoms. The first kappa shape index (κ1) is 20.1. The second-order valence-corrected chi connectivity index (χ2v) is 8.23. The van der Waals surface area contributed by atoms with E-state index >= 15 is 0 Å². The van der Waals surface area contributed by atoms with E-state index in [1.54, 1.807) is 25.1 Å². The van der Waals surface area contributed by atoms with Crippen LogP contribution < -0.4 is 0 Å². The van der Waals surface area contributed by atoms with Crippen LogP contribution in [0.5, 0.6) is 0 Å². The number of hydrogen-bond donors (Lipinski definition) is 1. The van der Waals surface area contributed by atoms with E-state index in [0.29, 0.717) is 11.4 Å². The molecule has 1 aliphatic carbocycles. The highest BCUT2D eigenvalue weighted by atomic mass is 16.4. The largest absolute Gasteiger partial charge is 0.478 e. The van der Waals surface area contributed by atoms with E-state index in [4.69, 9.17) is 0 Å².